The summed E-state index contributed by atoms with van der Waals surface area (Å²) in [5.41, 5.74) is 3.51. The molecule has 2 aromatic heterocycles. The van der Waals surface area contributed by atoms with Gasteiger partial charge in [0.25, 0.3) is 11.2 Å². The highest BCUT2D eigenvalue weighted by atomic mass is 32.2. The predicted molar refractivity (Wildman–Crippen MR) is 179 cm³/mol. The average molecular weight is 652 g/mol. The molecule has 0 fully saturated rings. The monoisotopic (exact) mass is 651 g/mol. The third kappa shape index (κ3) is 5.96. The number of nitro groups is 1. The molecule has 12 heteroatoms. The number of ether oxygens (including phenoxy) is 1. The van der Waals surface area contributed by atoms with E-state index in [-0.39, 0.29) is 17.4 Å². The lowest BCUT2D eigenvalue weighted by Gasteiger charge is -2.25. The van der Waals surface area contributed by atoms with E-state index in [2.05, 4.69) is 0 Å². The summed E-state index contributed by atoms with van der Waals surface area (Å²) >= 11 is 2.80. The Morgan fingerprint density at radius 3 is 2.50 bits per heavy atom. The SMILES string of the molecule is CSc1ccc(C2C(C(=O)OC(C)C)=C(C)N=c3sc(=Cc4cn(-c5ccccc5)nc4-c4cccc([N+](=O)[O-])c4)c(=O)n32)cc1. The summed E-state index contributed by atoms with van der Waals surface area (Å²) in [7, 11) is 0. The van der Waals surface area contributed by atoms with Gasteiger partial charge in [0.15, 0.2) is 4.80 Å². The molecule has 0 spiro atoms. The van der Waals surface area contributed by atoms with Crippen LogP contribution in [-0.2, 0) is 9.53 Å². The first-order valence-electron chi connectivity index (χ1n) is 14.4. The van der Waals surface area contributed by atoms with Gasteiger partial charge in [0.1, 0.15) is 5.69 Å². The molecule has 0 aliphatic carbocycles. The number of para-hydroxylation sites is 1. The minimum atomic E-state index is -0.746. The van der Waals surface area contributed by atoms with E-state index >= 15 is 0 Å². The second-order valence-electron chi connectivity index (χ2n) is 10.8. The molecule has 232 valence electrons. The van der Waals surface area contributed by atoms with Crippen molar-refractivity contribution in [3.8, 4) is 16.9 Å². The number of nitro benzene ring substituents is 1. The van der Waals surface area contributed by atoms with E-state index in [1.165, 1.54) is 23.5 Å². The van der Waals surface area contributed by atoms with Crippen LogP contribution >= 0.6 is 23.1 Å². The lowest BCUT2D eigenvalue weighted by molar-refractivity contribution is -0.384. The van der Waals surface area contributed by atoms with Crippen LogP contribution in [0, 0.1) is 10.1 Å². The Bertz CT molecular complexity index is 2180. The van der Waals surface area contributed by atoms with Crippen molar-refractivity contribution in [1.82, 2.24) is 14.3 Å². The molecule has 1 aliphatic rings. The molecular weight excluding hydrogens is 623 g/mol. The van der Waals surface area contributed by atoms with Crippen LogP contribution in [0.15, 0.2) is 111 Å². The maximum absolute atomic E-state index is 14.3. The zero-order valence-corrected chi connectivity index (χ0v) is 27.0. The van der Waals surface area contributed by atoms with Crippen molar-refractivity contribution >= 4 is 40.8 Å². The van der Waals surface area contributed by atoms with Crippen LogP contribution in [-0.4, -0.2) is 37.6 Å². The van der Waals surface area contributed by atoms with Gasteiger partial charge < -0.3 is 4.74 Å². The molecule has 5 aromatic rings. The molecule has 46 heavy (non-hydrogen) atoms. The molecular formula is C34H29N5O5S2. The van der Waals surface area contributed by atoms with Gasteiger partial charge in [0.2, 0.25) is 0 Å². The average Bonchev–Trinajstić information content (AvgIpc) is 3.61. The van der Waals surface area contributed by atoms with Crippen LogP contribution in [0.25, 0.3) is 23.0 Å². The second-order valence-corrected chi connectivity index (χ2v) is 12.7. The van der Waals surface area contributed by atoms with Crippen LogP contribution in [0.1, 0.15) is 37.9 Å². The van der Waals surface area contributed by atoms with Crippen molar-refractivity contribution in [2.45, 2.75) is 37.8 Å². The van der Waals surface area contributed by atoms with Gasteiger partial charge in [-0.15, -0.1) is 11.8 Å². The van der Waals surface area contributed by atoms with E-state index in [1.54, 1.807) is 66.2 Å². The fraction of sp³-hybridized carbons (Fsp3) is 0.176. The van der Waals surface area contributed by atoms with E-state index in [4.69, 9.17) is 14.8 Å². The number of carbonyl (C=O) groups excluding carboxylic acids is 1. The molecule has 0 radical (unpaired) electrons. The molecule has 0 amide bonds. The van der Waals surface area contributed by atoms with E-state index < -0.39 is 16.9 Å². The Balaban J connectivity index is 1.56. The highest BCUT2D eigenvalue weighted by Crippen LogP contribution is 2.32. The Labute approximate surface area is 272 Å². The third-order valence-electron chi connectivity index (χ3n) is 7.40. The summed E-state index contributed by atoms with van der Waals surface area (Å²) in [5, 5.41) is 16.3. The lowest BCUT2D eigenvalue weighted by atomic mass is 9.96. The molecule has 10 nitrogen and oxygen atoms in total. The number of fused-ring (bicyclic) bond motifs is 1. The van der Waals surface area contributed by atoms with Crippen molar-refractivity contribution in [3.05, 3.63) is 137 Å². The largest absolute Gasteiger partial charge is 0.459 e. The summed E-state index contributed by atoms with van der Waals surface area (Å²) in [6.45, 7) is 5.31. The quantitative estimate of drug-likeness (QED) is 0.0918. The molecule has 0 saturated heterocycles. The Morgan fingerprint density at radius 2 is 1.83 bits per heavy atom. The number of nitrogens with zero attached hydrogens (tertiary/aromatic N) is 5. The van der Waals surface area contributed by atoms with Crippen molar-refractivity contribution in [2.75, 3.05) is 6.26 Å². The fourth-order valence-corrected chi connectivity index (χ4v) is 6.75. The van der Waals surface area contributed by atoms with Crippen LogP contribution in [0.4, 0.5) is 5.69 Å². The number of hydrogen-bond donors (Lipinski definition) is 0. The molecule has 1 aliphatic heterocycles. The summed E-state index contributed by atoms with van der Waals surface area (Å²) in [4.78, 5) is 45.0. The first-order chi connectivity index (χ1) is 22.1. The number of benzene rings is 3. The standard InChI is InChI=1S/C34H29N5O5S2/c1-20(2)44-33(41)29-21(3)35-34-38(31(29)22-13-15-27(45-4)16-14-22)32(40)28(46-34)18-24-19-37(25-10-6-5-7-11-25)36-30(24)23-9-8-12-26(17-23)39(42)43/h5-20,31H,1-4H3. The lowest BCUT2D eigenvalue weighted by Crippen LogP contribution is -2.40. The summed E-state index contributed by atoms with van der Waals surface area (Å²) in [5.74, 6) is -0.526. The van der Waals surface area contributed by atoms with Crippen LogP contribution in [0.3, 0.4) is 0 Å². The smallest absolute Gasteiger partial charge is 0.338 e. The number of esters is 1. The zero-order valence-electron chi connectivity index (χ0n) is 25.4. The first-order valence-corrected chi connectivity index (χ1v) is 16.5. The number of thioether (sulfide) groups is 1. The third-order valence-corrected chi connectivity index (χ3v) is 9.12. The first kappa shape index (κ1) is 30.9. The fourth-order valence-electron chi connectivity index (χ4n) is 5.30. The molecule has 0 N–H and O–H groups in total. The number of rotatable bonds is 8. The number of thiazole rings is 1. The minimum absolute atomic E-state index is 0.0686. The van der Waals surface area contributed by atoms with Gasteiger partial charge in [0.05, 0.1) is 38.6 Å². The topological polar surface area (TPSA) is 122 Å². The molecule has 3 heterocycles. The number of allylic oxidation sites excluding steroid dienone is 1. The molecule has 0 bridgehead atoms. The molecule has 0 saturated carbocycles. The van der Waals surface area contributed by atoms with Gasteiger partial charge in [-0.2, -0.15) is 5.10 Å². The maximum Gasteiger partial charge on any atom is 0.338 e. The number of hydrogen-bond acceptors (Lipinski definition) is 9. The van der Waals surface area contributed by atoms with Gasteiger partial charge in [-0.05, 0) is 62.9 Å². The highest BCUT2D eigenvalue weighted by Gasteiger charge is 2.34. The predicted octanol–water partition coefficient (Wildman–Crippen LogP) is 5.67. The molecule has 6 rings (SSSR count). The number of non-ortho nitro benzene ring substituents is 1. The van der Waals surface area contributed by atoms with Crippen molar-refractivity contribution in [2.24, 2.45) is 4.99 Å². The van der Waals surface area contributed by atoms with Crippen LogP contribution in [0.5, 0.6) is 0 Å². The normalized spacial score (nSPS) is 14.7. The van der Waals surface area contributed by atoms with Crippen molar-refractivity contribution in [1.29, 1.82) is 0 Å². The number of carbonyl (C=O) groups is 1. The van der Waals surface area contributed by atoms with E-state index in [1.807, 2.05) is 60.9 Å². The molecule has 1 unspecified atom stereocenters. The van der Waals surface area contributed by atoms with Gasteiger partial charge in [-0.1, -0.05) is 53.8 Å². The second kappa shape index (κ2) is 12.7. The maximum atomic E-state index is 14.3. The van der Waals surface area contributed by atoms with E-state index in [0.717, 1.165) is 16.1 Å². The van der Waals surface area contributed by atoms with Gasteiger partial charge in [-0.25, -0.2) is 14.5 Å². The van der Waals surface area contributed by atoms with Gasteiger partial charge >= 0.3 is 5.97 Å². The van der Waals surface area contributed by atoms with Crippen LogP contribution in [0.2, 0.25) is 0 Å². The molecule has 3 aromatic carbocycles. The van der Waals surface area contributed by atoms with Crippen molar-refractivity contribution < 1.29 is 14.5 Å². The molecule has 1 atom stereocenters. The Morgan fingerprint density at radius 1 is 1.09 bits per heavy atom. The van der Waals surface area contributed by atoms with E-state index in [0.29, 0.717) is 37.4 Å². The van der Waals surface area contributed by atoms with E-state index in [9.17, 15) is 19.7 Å². The zero-order chi connectivity index (χ0) is 32.5. The van der Waals surface area contributed by atoms with Gasteiger partial charge in [-0.3, -0.25) is 19.5 Å². The van der Waals surface area contributed by atoms with Gasteiger partial charge in [0, 0.05) is 34.4 Å². The number of aromatic nitrogens is 3. The summed E-state index contributed by atoms with van der Waals surface area (Å²) in [6.07, 6.45) is 5.14. The minimum Gasteiger partial charge on any atom is -0.459 e. The Kier molecular flexibility index (Phi) is 8.57. The van der Waals surface area contributed by atoms with Crippen LogP contribution < -0.4 is 14.9 Å². The van der Waals surface area contributed by atoms with Crippen molar-refractivity contribution in [3.63, 3.8) is 0 Å². The summed E-state index contributed by atoms with van der Waals surface area (Å²) in [6, 6.07) is 22.7. The summed E-state index contributed by atoms with van der Waals surface area (Å²) < 4.78 is 9.20. The Hall–Kier alpha value is -5.07. The highest BCUT2D eigenvalue weighted by molar-refractivity contribution is 7.98.